The summed E-state index contributed by atoms with van der Waals surface area (Å²) in [6.45, 7) is 2.15. The van der Waals surface area contributed by atoms with E-state index in [0.29, 0.717) is 13.2 Å². The van der Waals surface area contributed by atoms with E-state index < -0.39 is 0 Å². The third-order valence-corrected chi connectivity index (χ3v) is 5.31. The maximum absolute atomic E-state index is 13.0. The van der Waals surface area contributed by atoms with Crippen molar-refractivity contribution in [3.63, 3.8) is 0 Å². The van der Waals surface area contributed by atoms with E-state index in [1.807, 2.05) is 23.1 Å². The quantitative estimate of drug-likeness (QED) is 0.900. The second-order valence-electron chi connectivity index (χ2n) is 6.77. The molecule has 2 heterocycles. The van der Waals surface area contributed by atoms with Gasteiger partial charge in [-0.25, -0.2) is 0 Å². The Kier molecular flexibility index (Phi) is 3.99. The van der Waals surface area contributed by atoms with Gasteiger partial charge in [-0.3, -0.25) is 4.79 Å². The lowest BCUT2D eigenvalue weighted by atomic mass is 10.0. The van der Waals surface area contributed by atoms with Crippen molar-refractivity contribution in [1.82, 2.24) is 4.90 Å². The summed E-state index contributed by atoms with van der Waals surface area (Å²) in [4.78, 5) is 14.9. The highest BCUT2D eigenvalue weighted by molar-refractivity contribution is 5.95. The smallest absolute Gasteiger partial charge is 0.254 e. The molecule has 1 aromatic carbocycles. The molecule has 3 aliphatic rings. The predicted molar refractivity (Wildman–Crippen MR) is 84.6 cm³/mol. The fourth-order valence-electron chi connectivity index (χ4n) is 4.11. The molecule has 0 unspecified atom stereocenters. The fourth-order valence-corrected chi connectivity index (χ4v) is 4.11. The number of fused-ring (bicyclic) bond motifs is 2. The maximum atomic E-state index is 13.0. The third kappa shape index (κ3) is 2.72. The van der Waals surface area contributed by atoms with E-state index in [1.165, 1.54) is 0 Å². The molecule has 0 bridgehead atoms. The van der Waals surface area contributed by atoms with Crippen LogP contribution in [0.2, 0.25) is 0 Å². The van der Waals surface area contributed by atoms with Gasteiger partial charge in [-0.2, -0.15) is 0 Å². The molecule has 2 aliphatic heterocycles. The Bertz CT molecular complexity index is 603. The summed E-state index contributed by atoms with van der Waals surface area (Å²) < 4.78 is 11.4. The molecular weight excluding hydrogens is 294 g/mol. The molecule has 1 amide bonds. The number of nitrogens with zero attached hydrogens (tertiary/aromatic N) is 1. The summed E-state index contributed by atoms with van der Waals surface area (Å²) in [5, 5.41) is 9.41. The minimum atomic E-state index is 0.0748. The number of aryl methyl sites for hydroxylation is 1. The van der Waals surface area contributed by atoms with Crippen LogP contribution in [0.3, 0.4) is 0 Å². The van der Waals surface area contributed by atoms with Gasteiger partial charge in [-0.1, -0.05) is 0 Å². The SMILES string of the molecule is O=C(c1ccc2c(c1)CCCO2)N1CCO[C@H]2C[C@H](CO)C[C@@H]21. The van der Waals surface area contributed by atoms with Crippen molar-refractivity contribution < 1.29 is 19.4 Å². The number of morpholine rings is 1. The van der Waals surface area contributed by atoms with E-state index in [9.17, 15) is 9.90 Å². The normalized spacial score (nSPS) is 29.6. The molecule has 1 aliphatic carbocycles. The lowest BCUT2D eigenvalue weighted by molar-refractivity contribution is -0.0448. The summed E-state index contributed by atoms with van der Waals surface area (Å²) in [6.07, 6.45) is 3.73. The van der Waals surface area contributed by atoms with Gasteiger partial charge in [0.05, 0.1) is 25.4 Å². The van der Waals surface area contributed by atoms with Crippen LogP contribution < -0.4 is 4.74 Å². The monoisotopic (exact) mass is 317 g/mol. The summed E-state index contributed by atoms with van der Waals surface area (Å²) in [7, 11) is 0. The number of carbonyl (C=O) groups is 1. The van der Waals surface area contributed by atoms with Crippen LogP contribution >= 0.6 is 0 Å². The Morgan fingerprint density at radius 2 is 2.22 bits per heavy atom. The molecule has 1 N–H and O–H groups in total. The van der Waals surface area contributed by atoms with Crippen LogP contribution in [0.1, 0.15) is 35.2 Å². The van der Waals surface area contributed by atoms with Crippen LogP contribution in [0.5, 0.6) is 5.75 Å². The van der Waals surface area contributed by atoms with E-state index in [1.54, 1.807) is 0 Å². The van der Waals surface area contributed by atoms with Gasteiger partial charge < -0.3 is 19.5 Å². The van der Waals surface area contributed by atoms with E-state index >= 15 is 0 Å². The average Bonchev–Trinajstić information content (AvgIpc) is 3.04. The Balaban J connectivity index is 1.56. The molecule has 23 heavy (non-hydrogen) atoms. The predicted octanol–water partition coefficient (Wildman–Crippen LogP) is 1.62. The van der Waals surface area contributed by atoms with Crippen LogP contribution in [0.4, 0.5) is 0 Å². The summed E-state index contributed by atoms with van der Waals surface area (Å²) >= 11 is 0. The maximum Gasteiger partial charge on any atom is 0.254 e. The summed E-state index contributed by atoms with van der Waals surface area (Å²) in [5.41, 5.74) is 1.87. The number of amides is 1. The third-order valence-electron chi connectivity index (χ3n) is 5.31. The first-order chi connectivity index (χ1) is 11.3. The second kappa shape index (κ2) is 6.13. The molecule has 1 saturated heterocycles. The van der Waals surface area contributed by atoms with Gasteiger partial charge in [-0.05, 0) is 55.4 Å². The fraction of sp³-hybridized carbons (Fsp3) is 0.611. The van der Waals surface area contributed by atoms with Crippen LogP contribution in [0, 0.1) is 5.92 Å². The first kappa shape index (κ1) is 15.0. The summed E-state index contributed by atoms with van der Waals surface area (Å²) in [5.74, 6) is 1.24. The molecule has 0 aromatic heterocycles. The van der Waals surface area contributed by atoms with Crippen molar-refractivity contribution in [3.8, 4) is 5.75 Å². The van der Waals surface area contributed by atoms with Crippen molar-refractivity contribution in [2.45, 2.75) is 37.8 Å². The molecule has 3 atom stereocenters. The van der Waals surface area contributed by atoms with E-state index in [4.69, 9.17) is 9.47 Å². The molecule has 2 fully saturated rings. The molecule has 0 radical (unpaired) electrons. The average molecular weight is 317 g/mol. The number of aliphatic hydroxyl groups is 1. The van der Waals surface area contributed by atoms with Crippen molar-refractivity contribution in [2.24, 2.45) is 5.92 Å². The van der Waals surface area contributed by atoms with Crippen molar-refractivity contribution >= 4 is 5.91 Å². The van der Waals surface area contributed by atoms with Crippen LogP contribution in [0.25, 0.3) is 0 Å². The van der Waals surface area contributed by atoms with Gasteiger partial charge in [0.25, 0.3) is 5.91 Å². The molecule has 4 rings (SSSR count). The second-order valence-corrected chi connectivity index (χ2v) is 6.77. The zero-order valence-corrected chi connectivity index (χ0v) is 13.2. The number of ether oxygens (including phenoxy) is 2. The highest BCUT2D eigenvalue weighted by atomic mass is 16.5. The minimum Gasteiger partial charge on any atom is -0.493 e. The van der Waals surface area contributed by atoms with E-state index in [-0.39, 0.29) is 30.6 Å². The van der Waals surface area contributed by atoms with Gasteiger partial charge in [-0.15, -0.1) is 0 Å². The topological polar surface area (TPSA) is 59.0 Å². The molecule has 5 heteroatoms. The van der Waals surface area contributed by atoms with Gasteiger partial charge in [0.1, 0.15) is 5.75 Å². The lowest BCUT2D eigenvalue weighted by Crippen LogP contribution is -2.51. The van der Waals surface area contributed by atoms with Crippen molar-refractivity contribution in [1.29, 1.82) is 0 Å². The molecule has 124 valence electrons. The lowest BCUT2D eigenvalue weighted by Gasteiger charge is -2.37. The minimum absolute atomic E-state index is 0.0748. The van der Waals surface area contributed by atoms with Crippen molar-refractivity contribution in [3.05, 3.63) is 29.3 Å². The Labute approximate surface area is 136 Å². The molecule has 5 nitrogen and oxygen atoms in total. The number of hydrogen-bond acceptors (Lipinski definition) is 4. The summed E-state index contributed by atoms with van der Waals surface area (Å²) in [6, 6.07) is 5.88. The Hall–Kier alpha value is -1.59. The standard InChI is InChI=1S/C18H23NO4/c20-11-12-8-15-17(9-12)23-7-5-19(15)18(21)14-3-4-16-13(10-14)2-1-6-22-16/h3-4,10,12,15,17,20H,1-2,5-9,11H2/t12-,15+,17+/m1/s1. The zero-order valence-electron chi connectivity index (χ0n) is 13.2. The first-order valence-corrected chi connectivity index (χ1v) is 8.55. The first-order valence-electron chi connectivity index (χ1n) is 8.55. The van der Waals surface area contributed by atoms with E-state index in [0.717, 1.165) is 49.2 Å². The highest BCUT2D eigenvalue weighted by Crippen LogP contribution is 2.35. The number of aliphatic hydroxyl groups excluding tert-OH is 1. The van der Waals surface area contributed by atoms with E-state index in [2.05, 4.69) is 0 Å². The molecule has 0 spiro atoms. The Morgan fingerprint density at radius 3 is 3.09 bits per heavy atom. The number of rotatable bonds is 2. The molecule has 1 aromatic rings. The van der Waals surface area contributed by atoms with Gasteiger partial charge in [0, 0.05) is 18.7 Å². The van der Waals surface area contributed by atoms with Gasteiger partial charge in [0.2, 0.25) is 0 Å². The molecule has 1 saturated carbocycles. The van der Waals surface area contributed by atoms with Crippen LogP contribution in [0.15, 0.2) is 18.2 Å². The largest absolute Gasteiger partial charge is 0.493 e. The Morgan fingerprint density at radius 1 is 1.30 bits per heavy atom. The highest BCUT2D eigenvalue weighted by Gasteiger charge is 2.42. The van der Waals surface area contributed by atoms with Gasteiger partial charge in [0.15, 0.2) is 0 Å². The van der Waals surface area contributed by atoms with Crippen LogP contribution in [-0.2, 0) is 11.2 Å². The number of hydrogen-bond donors (Lipinski definition) is 1. The zero-order chi connectivity index (χ0) is 15.8. The van der Waals surface area contributed by atoms with Crippen LogP contribution in [-0.4, -0.2) is 54.4 Å². The number of carbonyl (C=O) groups excluding carboxylic acids is 1. The number of benzene rings is 1. The molecular formula is C18H23NO4. The van der Waals surface area contributed by atoms with Gasteiger partial charge >= 0.3 is 0 Å². The van der Waals surface area contributed by atoms with Crippen molar-refractivity contribution in [2.75, 3.05) is 26.4 Å².